The fourth-order valence-electron chi connectivity index (χ4n) is 3.73. The number of rotatable bonds is 5. The van der Waals surface area contributed by atoms with Gasteiger partial charge in [-0.15, -0.1) is 0 Å². The van der Waals surface area contributed by atoms with E-state index in [4.69, 9.17) is 9.94 Å². The first-order chi connectivity index (χ1) is 14.4. The minimum Gasteiger partial charge on any atom is -0.457 e. The van der Waals surface area contributed by atoms with E-state index in [1.54, 1.807) is 24.2 Å². The predicted octanol–water partition coefficient (Wildman–Crippen LogP) is 3.81. The van der Waals surface area contributed by atoms with Gasteiger partial charge < -0.3 is 15.0 Å². The third-order valence-corrected chi connectivity index (χ3v) is 5.51. The summed E-state index contributed by atoms with van der Waals surface area (Å²) in [5, 5.41) is 13.8. The van der Waals surface area contributed by atoms with E-state index >= 15 is 0 Å². The summed E-state index contributed by atoms with van der Waals surface area (Å²) in [4.78, 5) is 25.8. The first-order valence-electron chi connectivity index (χ1n) is 9.66. The highest BCUT2D eigenvalue weighted by molar-refractivity contribution is 5.91. The van der Waals surface area contributed by atoms with Crippen molar-refractivity contribution in [2.24, 2.45) is 0 Å². The molecule has 3 N–H and O–H groups in total. The third kappa shape index (κ3) is 3.67. The highest BCUT2D eigenvalue weighted by Crippen LogP contribution is 2.29. The van der Waals surface area contributed by atoms with Crippen molar-refractivity contribution in [3.63, 3.8) is 0 Å². The van der Waals surface area contributed by atoms with Crippen LogP contribution in [0.3, 0.4) is 0 Å². The van der Waals surface area contributed by atoms with Crippen LogP contribution in [0.25, 0.3) is 10.8 Å². The quantitative estimate of drug-likeness (QED) is 0.445. The van der Waals surface area contributed by atoms with Gasteiger partial charge in [-0.05, 0) is 54.4 Å². The van der Waals surface area contributed by atoms with Gasteiger partial charge in [0.1, 0.15) is 17.5 Å². The van der Waals surface area contributed by atoms with Gasteiger partial charge in [-0.1, -0.05) is 42.5 Å². The van der Waals surface area contributed by atoms with Gasteiger partial charge in [-0.2, -0.15) is 0 Å². The summed E-state index contributed by atoms with van der Waals surface area (Å²) in [6, 6.07) is 20.3. The summed E-state index contributed by atoms with van der Waals surface area (Å²) < 4.78 is 5.96. The van der Waals surface area contributed by atoms with Gasteiger partial charge in [0.05, 0.1) is 5.54 Å². The number of benzene rings is 3. The molecule has 1 heterocycles. The average molecular weight is 405 g/mol. The maximum absolute atomic E-state index is 12.4. The Morgan fingerprint density at radius 2 is 1.73 bits per heavy atom. The zero-order valence-corrected chi connectivity index (χ0v) is 16.8. The van der Waals surface area contributed by atoms with E-state index in [0.29, 0.717) is 12.3 Å². The summed E-state index contributed by atoms with van der Waals surface area (Å²) in [6.45, 7) is 3.88. The topological polar surface area (TPSA) is 90.9 Å². The van der Waals surface area contributed by atoms with E-state index in [9.17, 15) is 9.59 Å². The van der Waals surface area contributed by atoms with Crippen LogP contribution in [0.15, 0.2) is 66.7 Å². The minimum atomic E-state index is -0.842. The molecule has 0 bridgehead atoms. The highest BCUT2D eigenvalue weighted by Gasteiger charge is 2.49. The maximum Gasteiger partial charge on any atom is 0.318 e. The molecule has 1 saturated heterocycles. The van der Waals surface area contributed by atoms with E-state index in [1.165, 1.54) is 0 Å². The second-order valence-corrected chi connectivity index (χ2v) is 7.85. The van der Waals surface area contributed by atoms with Gasteiger partial charge in [-0.3, -0.25) is 10.0 Å². The smallest absolute Gasteiger partial charge is 0.318 e. The lowest BCUT2D eigenvalue weighted by Gasteiger charge is -2.33. The second-order valence-electron chi connectivity index (χ2n) is 7.85. The molecule has 1 unspecified atom stereocenters. The Morgan fingerprint density at radius 3 is 2.43 bits per heavy atom. The van der Waals surface area contributed by atoms with Crippen LogP contribution in [-0.2, 0) is 11.3 Å². The Kier molecular flexibility index (Phi) is 5.05. The Morgan fingerprint density at radius 1 is 1.07 bits per heavy atom. The summed E-state index contributed by atoms with van der Waals surface area (Å²) in [5.74, 6) is 0.797. The number of hydrogen-bond acceptors (Lipinski definition) is 4. The molecule has 0 aromatic heterocycles. The van der Waals surface area contributed by atoms with E-state index in [1.807, 2.05) is 60.7 Å². The number of fused-ring (bicyclic) bond motifs is 1. The Bertz CT molecular complexity index is 1100. The lowest BCUT2D eigenvalue weighted by Crippen LogP contribution is -2.53. The lowest BCUT2D eigenvalue weighted by molar-refractivity contribution is -0.132. The monoisotopic (exact) mass is 405 g/mol. The molecule has 0 radical (unpaired) electrons. The van der Waals surface area contributed by atoms with Crippen molar-refractivity contribution in [1.82, 2.24) is 15.7 Å². The van der Waals surface area contributed by atoms with Crippen molar-refractivity contribution in [2.75, 3.05) is 0 Å². The number of carbonyl (C=O) groups is 2. The molecule has 30 heavy (non-hydrogen) atoms. The van der Waals surface area contributed by atoms with Crippen molar-refractivity contribution < 1.29 is 19.5 Å². The van der Waals surface area contributed by atoms with Gasteiger partial charge in [-0.25, -0.2) is 10.3 Å². The zero-order chi connectivity index (χ0) is 21.3. The van der Waals surface area contributed by atoms with Gasteiger partial charge in [0.25, 0.3) is 5.91 Å². The van der Waals surface area contributed by atoms with Gasteiger partial charge in [0, 0.05) is 6.54 Å². The predicted molar refractivity (Wildman–Crippen MR) is 112 cm³/mol. The fourth-order valence-corrected chi connectivity index (χ4v) is 3.73. The lowest BCUT2D eigenvalue weighted by atomic mass is 9.94. The average Bonchev–Trinajstić information content (AvgIpc) is 2.97. The number of carbonyl (C=O) groups excluding carboxylic acids is 2. The number of hydrogen-bond donors (Lipinski definition) is 3. The highest BCUT2D eigenvalue weighted by atomic mass is 16.5. The molecule has 1 aliphatic rings. The summed E-state index contributed by atoms with van der Waals surface area (Å²) in [7, 11) is 0. The number of nitrogens with zero attached hydrogens (tertiary/aromatic N) is 1. The first-order valence-corrected chi connectivity index (χ1v) is 9.66. The Labute approximate surface area is 174 Å². The maximum atomic E-state index is 12.4. The van der Waals surface area contributed by atoms with Crippen LogP contribution >= 0.6 is 0 Å². The standard InChI is InChI=1S/C23H23N3O4/c1-23(2)20(21(27)25-29)24-22(28)26(23)14-15-7-10-18(11-8-15)30-19-12-9-16-5-3-4-6-17(16)13-19/h3-13,20,29H,14H2,1-2H3,(H,24,28)(H,25,27). The molecule has 3 aromatic carbocycles. The molecule has 3 amide bonds. The molecule has 1 atom stereocenters. The number of amides is 3. The zero-order valence-electron chi connectivity index (χ0n) is 16.8. The molecule has 0 spiro atoms. The molecule has 3 aromatic rings. The van der Waals surface area contributed by atoms with Crippen LogP contribution in [-0.4, -0.2) is 33.6 Å². The Balaban J connectivity index is 1.47. The van der Waals surface area contributed by atoms with Crippen LogP contribution in [0.4, 0.5) is 4.79 Å². The number of urea groups is 1. The molecule has 7 heteroatoms. The van der Waals surface area contributed by atoms with Crippen molar-refractivity contribution >= 4 is 22.7 Å². The van der Waals surface area contributed by atoms with Crippen molar-refractivity contribution in [2.45, 2.75) is 32.0 Å². The third-order valence-electron chi connectivity index (χ3n) is 5.51. The van der Waals surface area contributed by atoms with Crippen LogP contribution < -0.4 is 15.5 Å². The number of nitrogens with one attached hydrogen (secondary N) is 2. The second kappa shape index (κ2) is 7.68. The van der Waals surface area contributed by atoms with Crippen LogP contribution in [0.1, 0.15) is 19.4 Å². The van der Waals surface area contributed by atoms with E-state index in [0.717, 1.165) is 22.1 Å². The van der Waals surface area contributed by atoms with Gasteiger partial charge in [0.2, 0.25) is 0 Å². The fraction of sp³-hybridized carbons (Fsp3) is 0.217. The molecule has 0 aliphatic carbocycles. The molecule has 0 saturated carbocycles. The summed E-state index contributed by atoms with van der Waals surface area (Å²) in [6.07, 6.45) is 0. The van der Waals surface area contributed by atoms with Crippen LogP contribution in [0, 0.1) is 0 Å². The van der Waals surface area contributed by atoms with E-state index < -0.39 is 17.5 Å². The normalized spacial score (nSPS) is 17.6. The molecule has 7 nitrogen and oxygen atoms in total. The molecule has 1 aliphatic heterocycles. The van der Waals surface area contributed by atoms with E-state index in [-0.39, 0.29) is 6.03 Å². The molecule has 154 valence electrons. The summed E-state index contributed by atoms with van der Waals surface area (Å²) in [5.41, 5.74) is 1.71. The minimum absolute atomic E-state index is 0.324. The van der Waals surface area contributed by atoms with Gasteiger partial charge >= 0.3 is 6.03 Å². The van der Waals surface area contributed by atoms with Crippen molar-refractivity contribution in [3.8, 4) is 11.5 Å². The van der Waals surface area contributed by atoms with Crippen LogP contribution in [0.5, 0.6) is 11.5 Å². The van der Waals surface area contributed by atoms with Crippen molar-refractivity contribution in [1.29, 1.82) is 0 Å². The number of ether oxygens (including phenoxy) is 1. The molecule has 4 rings (SSSR count). The largest absolute Gasteiger partial charge is 0.457 e. The molecule has 1 fully saturated rings. The first kappa shape index (κ1) is 19.7. The van der Waals surface area contributed by atoms with Crippen molar-refractivity contribution in [3.05, 3.63) is 72.3 Å². The number of hydroxylamine groups is 1. The Hall–Kier alpha value is -3.58. The SMILES string of the molecule is CC1(C)C(C(=O)NO)NC(=O)N1Cc1ccc(Oc2ccc3ccccc3c2)cc1. The molecular formula is C23H23N3O4. The summed E-state index contributed by atoms with van der Waals surface area (Å²) >= 11 is 0. The van der Waals surface area contributed by atoms with Crippen LogP contribution in [0.2, 0.25) is 0 Å². The molecular weight excluding hydrogens is 382 g/mol. The van der Waals surface area contributed by atoms with Gasteiger partial charge in [0.15, 0.2) is 0 Å². The van der Waals surface area contributed by atoms with E-state index in [2.05, 4.69) is 11.4 Å².